The third-order valence-electron chi connectivity index (χ3n) is 15.4. The van der Waals surface area contributed by atoms with Gasteiger partial charge in [0, 0.05) is 75.6 Å². The second kappa shape index (κ2) is 53.1. The van der Waals surface area contributed by atoms with Crippen LogP contribution < -0.4 is 10.2 Å². The zero-order chi connectivity index (χ0) is 65.4. The molecule has 0 aromatic heterocycles. The number of hydrogen-bond acceptors (Lipinski definition) is 7. The van der Waals surface area contributed by atoms with Crippen LogP contribution in [0.15, 0.2) is 116 Å². The van der Waals surface area contributed by atoms with Gasteiger partial charge in [0.1, 0.15) is 12.0 Å². The summed E-state index contributed by atoms with van der Waals surface area (Å²) in [5, 5.41) is 6.01. The smallest absolute Gasteiger partial charge is 0.345 e. The Hall–Kier alpha value is -1.24. The van der Waals surface area contributed by atoms with E-state index in [1.165, 1.54) is 68.6 Å². The molecule has 2 fully saturated rings. The third-order valence-corrected chi connectivity index (χ3v) is 22.3. The lowest BCUT2D eigenvalue weighted by molar-refractivity contribution is -0.119. The topological polar surface area (TPSA) is 109 Å². The molecule has 0 aromatic carbocycles. The van der Waals surface area contributed by atoms with Crippen LogP contribution in [0.1, 0.15) is 237 Å². The number of carbonyl (C=O) groups is 1. The lowest BCUT2D eigenvalue weighted by atomic mass is 10.0. The van der Waals surface area contributed by atoms with Crippen LogP contribution in [0.3, 0.4) is 0 Å². The maximum Gasteiger partial charge on any atom is 0.345 e. The first-order chi connectivity index (χ1) is 42.1. The van der Waals surface area contributed by atoms with Crippen molar-refractivity contribution >= 4 is 79.3 Å². The van der Waals surface area contributed by atoms with Crippen LogP contribution in [0.4, 0.5) is 0 Å². The fourth-order valence-corrected chi connectivity index (χ4v) is 16.8. The van der Waals surface area contributed by atoms with Crippen LogP contribution in [0.2, 0.25) is 0 Å². The van der Waals surface area contributed by atoms with Crippen molar-refractivity contribution in [1.29, 1.82) is 0 Å². The molecule has 0 radical (unpaired) electrons. The Morgan fingerprint density at radius 3 is 1.23 bits per heavy atom. The molecule has 506 valence electrons. The summed E-state index contributed by atoms with van der Waals surface area (Å²) in [7, 11) is -6.30. The molecule has 2 saturated heterocycles. The van der Waals surface area contributed by atoms with Gasteiger partial charge in [-0.2, -0.15) is 4.67 Å². The molecule has 0 saturated carbocycles. The van der Waals surface area contributed by atoms with Crippen molar-refractivity contribution in [2.45, 2.75) is 249 Å². The number of carbonyl (C=O) groups excluding carboxylic acids is 1. The van der Waals surface area contributed by atoms with Crippen LogP contribution in [-0.4, -0.2) is 102 Å². The molecule has 0 aliphatic carbocycles. The minimum absolute atomic E-state index is 0.0594. The van der Waals surface area contributed by atoms with E-state index in [2.05, 4.69) is 154 Å². The molecule has 88 heavy (non-hydrogen) atoms. The summed E-state index contributed by atoms with van der Waals surface area (Å²) in [5.74, 6) is 2.62. The first kappa shape index (κ1) is 84.8. The van der Waals surface area contributed by atoms with Gasteiger partial charge in [-0.05, 0) is 224 Å². The van der Waals surface area contributed by atoms with Crippen LogP contribution in [0.25, 0.3) is 0 Å². The molecule has 2 rings (SSSR count). The number of thioether (sulfide) groups is 1. The Bertz CT molecular complexity index is 2360. The number of allylic oxidation sites excluding steroid dienone is 20. The summed E-state index contributed by atoms with van der Waals surface area (Å²) in [5.41, 5.74) is 14.4. The number of unbranched alkanes of at least 4 members (excludes halogenated alkanes) is 2. The summed E-state index contributed by atoms with van der Waals surface area (Å²) < 4.78 is 47.5. The molecule has 0 bridgehead atoms. The van der Waals surface area contributed by atoms with E-state index in [-0.39, 0.29) is 11.6 Å². The van der Waals surface area contributed by atoms with Gasteiger partial charge in [0.25, 0.3) is 0 Å². The average Bonchev–Trinajstić information content (AvgIpc) is 2.51. The zero-order valence-electron chi connectivity index (χ0n) is 57.0. The molecular weight excluding hydrogens is 1240 g/mol. The zero-order valence-corrected chi connectivity index (χ0v) is 62.7. The van der Waals surface area contributed by atoms with Gasteiger partial charge >= 0.3 is 15.3 Å². The average molecular weight is 1360 g/mol. The Kier molecular flexibility index (Phi) is 51.1. The van der Waals surface area contributed by atoms with E-state index in [1.54, 1.807) is 16.4 Å². The van der Waals surface area contributed by atoms with Crippen molar-refractivity contribution < 1.29 is 27.7 Å². The highest BCUT2D eigenvalue weighted by Crippen LogP contribution is 2.54. The van der Waals surface area contributed by atoms with Crippen molar-refractivity contribution in [2.75, 3.05) is 75.3 Å². The predicted octanol–water partition coefficient (Wildman–Crippen LogP) is 22.8. The maximum atomic E-state index is 13.3. The normalized spacial score (nSPS) is 20.7. The van der Waals surface area contributed by atoms with Crippen molar-refractivity contribution in [3.63, 3.8) is 0 Å². The van der Waals surface area contributed by atoms with Gasteiger partial charge in [0.2, 0.25) is 0 Å². The Morgan fingerprint density at radius 2 is 0.818 bits per heavy atom. The van der Waals surface area contributed by atoms with Gasteiger partial charge in [-0.15, -0.1) is 58.2 Å². The van der Waals surface area contributed by atoms with E-state index < -0.39 is 15.3 Å². The first-order valence-corrected chi connectivity index (χ1v) is 39.5. The number of nitrogens with zero attached hydrogens (tertiary/aromatic N) is 2. The standard InChI is InChI=1S/C37H63Cl2N2O3PS.C34H59Cl2N2O3P/c1-31(2)13-9-16-34(5)19-10-17-32(3)14-7-8-15-33(4)18-11-20-35(6)22-23-36(42)21-12-30-46-37-24-29-44-45(43,40-27-25-38)41(37)28-26-39;1-29(2)13-9-16-32(5)19-10-17-30(3)14-7-8-15-31(4)18-11-20-33(6)21-12-27-40-34-22-28-41-42(39,37-25-23-35)38(34)26-24-36/h13-15,19-20,37H,7-12,16-18,21-30H2,1-6H3,(H,40,43);13-15,19-20,34H,7-12,16-18,21-28H2,1-6H3,(H,37,39)/b32-14+,33-15+,34-19+,35-20+;30-14+,31-15+,32-19+,33-20+. The second-order valence-electron chi connectivity index (χ2n) is 24.4. The van der Waals surface area contributed by atoms with Crippen LogP contribution in [0.5, 0.6) is 0 Å². The number of halogens is 4. The molecule has 2 heterocycles. The molecule has 2 aliphatic heterocycles. The molecule has 0 amide bonds. The highest BCUT2D eigenvalue weighted by Gasteiger charge is 2.42. The van der Waals surface area contributed by atoms with Gasteiger partial charge in [-0.3, -0.25) is 13.9 Å². The molecule has 0 spiro atoms. The summed E-state index contributed by atoms with van der Waals surface area (Å²) in [6.07, 6.45) is 47.6. The number of ether oxygens (including phenoxy) is 1. The minimum atomic E-state index is -3.17. The highest BCUT2D eigenvalue weighted by molar-refractivity contribution is 8.00. The number of rotatable bonds is 47. The summed E-state index contributed by atoms with van der Waals surface area (Å²) in [4.78, 5) is 12.5. The Balaban J connectivity index is 0.000000884. The number of hydrogen-bond donors (Lipinski definition) is 2. The highest BCUT2D eigenvalue weighted by atomic mass is 35.5. The van der Waals surface area contributed by atoms with Gasteiger partial charge in [0.05, 0.1) is 18.6 Å². The monoisotopic (exact) mass is 1360 g/mol. The maximum absolute atomic E-state index is 13.3. The van der Waals surface area contributed by atoms with E-state index in [1.807, 2.05) is 4.67 Å². The molecule has 10 nitrogen and oxygen atoms in total. The number of nitrogens with one attached hydrogen (secondary N) is 2. The number of ketones is 1. The van der Waals surface area contributed by atoms with Gasteiger partial charge < -0.3 is 13.8 Å². The molecule has 4 unspecified atom stereocenters. The lowest BCUT2D eigenvalue weighted by Gasteiger charge is -2.40. The van der Waals surface area contributed by atoms with Crippen LogP contribution >= 0.6 is 73.5 Å². The molecule has 2 aliphatic rings. The first-order valence-electron chi connectivity index (χ1n) is 33.2. The number of Topliss-reactive ketones (excluding diaryl/α,β-unsaturated/α-hetero) is 1. The predicted molar refractivity (Wildman–Crippen MR) is 390 cm³/mol. The van der Waals surface area contributed by atoms with Crippen LogP contribution in [0, 0.1) is 0 Å². The van der Waals surface area contributed by atoms with Crippen molar-refractivity contribution in [3.8, 4) is 0 Å². The quantitative estimate of drug-likeness (QED) is 0.0263. The molecule has 0 aromatic rings. The van der Waals surface area contributed by atoms with Crippen molar-refractivity contribution in [2.24, 2.45) is 0 Å². The lowest BCUT2D eigenvalue weighted by Crippen LogP contribution is -2.45. The van der Waals surface area contributed by atoms with Crippen molar-refractivity contribution in [3.05, 3.63) is 116 Å². The number of alkyl halides is 4. The third kappa shape index (κ3) is 42.9. The fourth-order valence-electron chi connectivity index (χ4n) is 10.1. The van der Waals surface area contributed by atoms with Gasteiger partial charge in [0.15, 0.2) is 0 Å². The van der Waals surface area contributed by atoms with Crippen LogP contribution in [-0.2, 0) is 27.7 Å². The Morgan fingerprint density at radius 1 is 0.455 bits per heavy atom. The van der Waals surface area contributed by atoms with E-state index in [0.29, 0.717) is 94.6 Å². The summed E-state index contributed by atoms with van der Waals surface area (Å²) in [6.45, 7) is 29.7. The van der Waals surface area contributed by atoms with Gasteiger partial charge in [-0.25, -0.2) is 14.8 Å². The van der Waals surface area contributed by atoms with E-state index in [9.17, 15) is 13.9 Å². The Labute approximate surface area is 563 Å². The summed E-state index contributed by atoms with van der Waals surface area (Å²) in [6, 6.07) is 0. The van der Waals surface area contributed by atoms with E-state index >= 15 is 0 Å². The second-order valence-corrected chi connectivity index (χ2v) is 31.5. The molecule has 4 atom stereocenters. The van der Waals surface area contributed by atoms with Crippen molar-refractivity contribution in [1.82, 2.24) is 19.5 Å². The summed E-state index contributed by atoms with van der Waals surface area (Å²) >= 11 is 25.3. The molecule has 17 heteroatoms. The largest absolute Gasteiger partial charge is 0.363 e. The van der Waals surface area contributed by atoms with E-state index in [4.69, 9.17) is 60.2 Å². The molecule has 2 N–H and O–H groups in total. The minimum Gasteiger partial charge on any atom is -0.363 e. The SMILES string of the molecule is CC(C)=CCC/C(C)=C/CC/C(C)=C/CC/C=C(\C)CC/C=C(\C)CCC(=O)CCCSC1CCOP(=O)(NCCCl)N1CCCl.CC(C)=CCC/C(C)=C/CC/C(C)=C/CC/C=C(\C)CC/C=C(\C)CCCOC1CCOP(=O)(NCCCl)N1CCCl. The molecular formula is C71H122Cl4N4O6P2S. The fraction of sp³-hybridized carbons (Fsp3) is 0.704. The van der Waals surface area contributed by atoms with Gasteiger partial charge in [-0.1, -0.05) is 116 Å². The van der Waals surface area contributed by atoms with E-state index in [0.717, 1.165) is 128 Å².